The van der Waals surface area contributed by atoms with Gasteiger partial charge in [0.2, 0.25) is 0 Å². The fourth-order valence-electron chi connectivity index (χ4n) is 1.45. The van der Waals surface area contributed by atoms with Gasteiger partial charge in [-0.2, -0.15) is 0 Å². The molecule has 3 heteroatoms. The topological polar surface area (TPSA) is 49.7 Å². The van der Waals surface area contributed by atoms with Crippen LogP contribution >= 0.6 is 0 Å². The monoisotopic (exact) mass is 230 g/mol. The first kappa shape index (κ1) is 11.5. The lowest BCUT2D eigenvalue weighted by molar-refractivity contribution is 0.281. The number of hydrogen-bond donors (Lipinski definition) is 2. The van der Waals surface area contributed by atoms with E-state index >= 15 is 0 Å². The van der Waals surface area contributed by atoms with Crippen LogP contribution in [0.15, 0.2) is 48.5 Å². The molecule has 0 amide bonds. The Kier molecular flexibility index (Phi) is 3.62. The molecule has 3 nitrogen and oxygen atoms in total. The van der Waals surface area contributed by atoms with Crippen LogP contribution in [0.5, 0.6) is 11.5 Å². The molecule has 17 heavy (non-hydrogen) atoms. The van der Waals surface area contributed by atoms with Crippen molar-refractivity contribution in [3.8, 4) is 11.5 Å². The van der Waals surface area contributed by atoms with E-state index in [0.717, 1.165) is 11.1 Å². The summed E-state index contributed by atoms with van der Waals surface area (Å²) < 4.78 is 5.55. The molecule has 0 saturated heterocycles. The molecule has 2 N–H and O–H groups in total. The Labute approximate surface area is 99.9 Å². The fraction of sp³-hybridized carbons (Fsp3) is 0.143. The molecular formula is C14H14O3. The highest BCUT2D eigenvalue weighted by Gasteiger charge is 1.97. The first-order valence-electron chi connectivity index (χ1n) is 5.38. The maximum absolute atomic E-state index is 9.12. The smallest absolute Gasteiger partial charge is 0.120 e. The van der Waals surface area contributed by atoms with Crippen molar-refractivity contribution in [3.05, 3.63) is 59.7 Å². The molecule has 0 unspecified atom stereocenters. The maximum Gasteiger partial charge on any atom is 0.120 e. The molecule has 0 atom stereocenters. The predicted octanol–water partition coefficient (Wildman–Crippen LogP) is 2.46. The second-order valence-electron chi connectivity index (χ2n) is 3.76. The largest absolute Gasteiger partial charge is 0.508 e. The number of aliphatic hydroxyl groups excluding tert-OH is 1. The summed E-state index contributed by atoms with van der Waals surface area (Å²) >= 11 is 0. The summed E-state index contributed by atoms with van der Waals surface area (Å²) in [6.07, 6.45) is 0. The molecule has 0 aliphatic rings. The first-order chi connectivity index (χ1) is 8.28. The Balaban J connectivity index is 1.95. The van der Waals surface area contributed by atoms with Crippen LogP contribution < -0.4 is 4.74 Å². The number of phenolic OH excluding ortho intramolecular Hbond substituents is 1. The zero-order chi connectivity index (χ0) is 12.1. The van der Waals surface area contributed by atoms with Gasteiger partial charge < -0.3 is 14.9 Å². The van der Waals surface area contributed by atoms with Crippen molar-refractivity contribution in [2.75, 3.05) is 0 Å². The molecule has 0 heterocycles. The summed E-state index contributed by atoms with van der Waals surface area (Å²) in [4.78, 5) is 0. The number of phenols is 1. The summed E-state index contributed by atoms with van der Waals surface area (Å²) in [7, 11) is 0. The van der Waals surface area contributed by atoms with E-state index in [0.29, 0.717) is 12.4 Å². The van der Waals surface area contributed by atoms with Crippen LogP contribution in [0.1, 0.15) is 11.1 Å². The van der Waals surface area contributed by atoms with Gasteiger partial charge in [-0.3, -0.25) is 0 Å². The summed E-state index contributed by atoms with van der Waals surface area (Å²) in [6.45, 7) is 0.523. The minimum Gasteiger partial charge on any atom is -0.508 e. The van der Waals surface area contributed by atoms with Crippen molar-refractivity contribution in [1.29, 1.82) is 0 Å². The van der Waals surface area contributed by atoms with E-state index in [1.807, 2.05) is 24.3 Å². The van der Waals surface area contributed by atoms with Crippen LogP contribution in [0.3, 0.4) is 0 Å². The van der Waals surface area contributed by atoms with Crippen molar-refractivity contribution in [3.63, 3.8) is 0 Å². The summed E-state index contributed by atoms with van der Waals surface area (Å²) in [5.74, 6) is 0.943. The average molecular weight is 230 g/mol. The van der Waals surface area contributed by atoms with Crippen molar-refractivity contribution in [2.24, 2.45) is 0 Å². The summed E-state index contributed by atoms with van der Waals surface area (Å²) in [5, 5.41) is 18.0. The number of benzene rings is 2. The molecule has 2 aromatic carbocycles. The number of hydrogen-bond acceptors (Lipinski definition) is 3. The normalized spacial score (nSPS) is 10.2. The zero-order valence-corrected chi connectivity index (χ0v) is 9.34. The number of ether oxygens (including phenoxy) is 1. The van der Waals surface area contributed by atoms with E-state index in [4.69, 9.17) is 14.9 Å². The van der Waals surface area contributed by atoms with Gasteiger partial charge in [0, 0.05) is 0 Å². The minimum atomic E-state index is 0.0547. The second-order valence-corrected chi connectivity index (χ2v) is 3.76. The zero-order valence-electron chi connectivity index (χ0n) is 9.34. The molecule has 0 saturated carbocycles. The summed E-state index contributed by atoms with van der Waals surface area (Å²) in [5.41, 5.74) is 1.92. The van der Waals surface area contributed by atoms with Crippen LogP contribution in [-0.4, -0.2) is 10.2 Å². The number of aromatic hydroxyl groups is 1. The minimum absolute atomic E-state index is 0.0547. The lowest BCUT2D eigenvalue weighted by atomic mass is 10.1. The van der Waals surface area contributed by atoms with E-state index in [1.54, 1.807) is 24.3 Å². The van der Waals surface area contributed by atoms with E-state index in [9.17, 15) is 0 Å². The Hall–Kier alpha value is -2.00. The Morgan fingerprint density at radius 1 is 0.824 bits per heavy atom. The van der Waals surface area contributed by atoms with Gasteiger partial charge in [0.15, 0.2) is 0 Å². The van der Waals surface area contributed by atoms with E-state index in [-0.39, 0.29) is 12.4 Å². The fourth-order valence-corrected chi connectivity index (χ4v) is 1.45. The lowest BCUT2D eigenvalue weighted by Crippen LogP contribution is -1.95. The molecule has 0 aliphatic heterocycles. The van der Waals surface area contributed by atoms with Gasteiger partial charge in [0.1, 0.15) is 18.1 Å². The van der Waals surface area contributed by atoms with E-state index < -0.39 is 0 Å². The molecule has 2 rings (SSSR count). The van der Waals surface area contributed by atoms with Crippen molar-refractivity contribution < 1.29 is 14.9 Å². The van der Waals surface area contributed by atoms with E-state index in [2.05, 4.69) is 0 Å². The highest BCUT2D eigenvalue weighted by atomic mass is 16.5. The average Bonchev–Trinajstić information content (AvgIpc) is 2.39. The molecule has 0 fully saturated rings. The molecule has 0 aliphatic carbocycles. The predicted molar refractivity (Wildman–Crippen MR) is 64.8 cm³/mol. The highest BCUT2D eigenvalue weighted by molar-refractivity contribution is 5.30. The van der Waals surface area contributed by atoms with Gasteiger partial charge >= 0.3 is 0 Å². The van der Waals surface area contributed by atoms with Crippen molar-refractivity contribution in [2.45, 2.75) is 13.2 Å². The van der Waals surface area contributed by atoms with Gasteiger partial charge in [0.05, 0.1) is 6.61 Å². The third-order valence-corrected chi connectivity index (χ3v) is 2.45. The van der Waals surface area contributed by atoms with Crippen LogP contribution in [-0.2, 0) is 13.2 Å². The van der Waals surface area contributed by atoms with Crippen LogP contribution in [0.4, 0.5) is 0 Å². The van der Waals surface area contributed by atoms with Gasteiger partial charge in [-0.25, -0.2) is 0 Å². The number of rotatable bonds is 4. The second kappa shape index (κ2) is 5.37. The molecule has 0 aromatic heterocycles. The van der Waals surface area contributed by atoms with Gasteiger partial charge in [-0.15, -0.1) is 0 Å². The number of aliphatic hydroxyl groups is 1. The quantitative estimate of drug-likeness (QED) is 0.848. The van der Waals surface area contributed by atoms with Gasteiger partial charge in [-0.05, 0) is 35.4 Å². The van der Waals surface area contributed by atoms with Crippen LogP contribution in [0.2, 0.25) is 0 Å². The van der Waals surface area contributed by atoms with E-state index in [1.165, 1.54) is 0 Å². The van der Waals surface area contributed by atoms with Gasteiger partial charge in [-0.1, -0.05) is 24.3 Å². The standard InChI is InChI=1S/C14H14O3/c15-9-11-1-3-12(4-2-11)10-17-14-7-5-13(16)6-8-14/h1-8,15-16H,9-10H2. The van der Waals surface area contributed by atoms with Crippen LogP contribution in [0, 0.1) is 0 Å². The molecule has 0 spiro atoms. The maximum atomic E-state index is 9.12. The molecular weight excluding hydrogens is 216 g/mol. The first-order valence-corrected chi connectivity index (χ1v) is 5.38. The summed E-state index contributed by atoms with van der Waals surface area (Å²) in [6, 6.07) is 14.2. The lowest BCUT2D eigenvalue weighted by Gasteiger charge is -2.06. The van der Waals surface area contributed by atoms with Gasteiger partial charge in [0.25, 0.3) is 0 Å². The van der Waals surface area contributed by atoms with Crippen LogP contribution in [0.25, 0.3) is 0 Å². The SMILES string of the molecule is OCc1ccc(COc2ccc(O)cc2)cc1. The Bertz CT molecular complexity index is 460. The Morgan fingerprint density at radius 3 is 2.00 bits per heavy atom. The van der Waals surface area contributed by atoms with Crippen molar-refractivity contribution >= 4 is 0 Å². The molecule has 0 radical (unpaired) electrons. The third-order valence-electron chi connectivity index (χ3n) is 2.45. The molecule has 88 valence electrons. The highest BCUT2D eigenvalue weighted by Crippen LogP contribution is 2.17. The third kappa shape index (κ3) is 3.23. The van der Waals surface area contributed by atoms with Crippen molar-refractivity contribution in [1.82, 2.24) is 0 Å². The Morgan fingerprint density at radius 2 is 1.41 bits per heavy atom. The molecule has 2 aromatic rings. The molecule has 0 bridgehead atoms.